The van der Waals surface area contributed by atoms with Crippen LogP contribution in [0.2, 0.25) is 5.02 Å². The number of ether oxygens (including phenoxy) is 2. The minimum absolute atomic E-state index is 0.122. The minimum atomic E-state index is -0.596. The first-order valence-electron chi connectivity index (χ1n) is 7.32. The molecule has 0 atom stereocenters. The maximum atomic E-state index is 12.3. The van der Waals surface area contributed by atoms with Crippen molar-refractivity contribution >= 4 is 50.0 Å². The number of carbonyl (C=O) groups is 1. The molecule has 0 unspecified atom stereocenters. The van der Waals surface area contributed by atoms with Crippen LogP contribution in [0.5, 0.6) is 17.4 Å². The first kappa shape index (κ1) is 18.2. The molecule has 1 heterocycles. The largest absolute Gasteiger partial charge is 0.493 e. The van der Waals surface area contributed by atoms with Gasteiger partial charge in [-0.05, 0) is 46.3 Å². The number of aromatic nitrogens is 1. The fourth-order valence-electron chi connectivity index (χ4n) is 2.42. The van der Waals surface area contributed by atoms with Crippen LogP contribution in [0.15, 0.2) is 45.0 Å². The maximum absolute atomic E-state index is 12.3. The number of amides is 1. The van der Waals surface area contributed by atoms with Crippen LogP contribution in [-0.4, -0.2) is 30.2 Å². The number of rotatable bonds is 4. The van der Waals surface area contributed by atoms with Gasteiger partial charge in [-0.3, -0.25) is 4.79 Å². The molecule has 26 heavy (non-hydrogen) atoms. The number of fused-ring (bicyclic) bond motifs is 1. The van der Waals surface area contributed by atoms with Crippen molar-refractivity contribution in [1.29, 1.82) is 0 Å². The molecule has 3 aromatic rings. The molecule has 2 N–H and O–H groups in total. The number of aromatic hydroxyl groups is 1. The van der Waals surface area contributed by atoms with Gasteiger partial charge in [0.2, 0.25) is 5.88 Å². The highest BCUT2D eigenvalue weighted by Gasteiger charge is 2.15. The average Bonchev–Trinajstić information content (AvgIpc) is 2.94. The predicted octanol–water partition coefficient (Wildman–Crippen LogP) is 5.23. The summed E-state index contributed by atoms with van der Waals surface area (Å²) in [5.41, 5.74) is 0.987. The summed E-state index contributed by atoms with van der Waals surface area (Å²) in [5.74, 6) is 0.0848. The van der Waals surface area contributed by atoms with Crippen molar-refractivity contribution in [2.45, 2.75) is 0 Å². The van der Waals surface area contributed by atoms with Gasteiger partial charge in [0.25, 0.3) is 5.91 Å². The number of hydrogen-bond donors (Lipinski definition) is 2. The number of H-pyrrole nitrogens is 1. The van der Waals surface area contributed by atoms with Crippen LogP contribution < -0.4 is 9.47 Å². The van der Waals surface area contributed by atoms with Gasteiger partial charge >= 0.3 is 0 Å². The smallest absolute Gasteiger partial charge is 0.295 e. The van der Waals surface area contributed by atoms with E-state index in [1.54, 1.807) is 24.3 Å². The van der Waals surface area contributed by atoms with Crippen molar-refractivity contribution in [3.63, 3.8) is 0 Å². The van der Waals surface area contributed by atoms with Crippen molar-refractivity contribution in [3.8, 4) is 17.4 Å². The molecule has 1 aromatic heterocycles. The zero-order valence-electron chi connectivity index (χ0n) is 13.7. The molecule has 0 aliphatic carbocycles. The van der Waals surface area contributed by atoms with E-state index in [0.29, 0.717) is 31.9 Å². The van der Waals surface area contributed by atoms with E-state index in [4.69, 9.17) is 21.1 Å². The van der Waals surface area contributed by atoms with Crippen LogP contribution in [0.1, 0.15) is 10.4 Å². The van der Waals surface area contributed by atoms with Gasteiger partial charge in [-0.1, -0.05) is 11.6 Å². The molecule has 134 valence electrons. The molecule has 0 saturated carbocycles. The molecule has 3 rings (SSSR count). The zero-order valence-corrected chi connectivity index (χ0v) is 16.1. The van der Waals surface area contributed by atoms with Crippen LogP contribution in [0.3, 0.4) is 0 Å². The Morgan fingerprint density at radius 2 is 1.92 bits per heavy atom. The molecular weight excluding hydrogens is 426 g/mol. The van der Waals surface area contributed by atoms with Gasteiger partial charge in [0.05, 0.1) is 19.7 Å². The summed E-state index contributed by atoms with van der Waals surface area (Å²) >= 11 is 9.38. The molecule has 0 fully saturated rings. The Hall–Kier alpha value is -2.58. The normalized spacial score (nSPS) is 11.2. The molecule has 1 amide bonds. The van der Waals surface area contributed by atoms with Crippen LogP contribution in [-0.2, 0) is 0 Å². The molecule has 0 saturated heterocycles. The number of halogens is 2. The Labute approximate surface area is 161 Å². The zero-order chi connectivity index (χ0) is 18.8. The first-order chi connectivity index (χ1) is 12.4. The minimum Gasteiger partial charge on any atom is -0.493 e. The van der Waals surface area contributed by atoms with E-state index >= 15 is 0 Å². The highest BCUT2D eigenvalue weighted by Crippen LogP contribution is 2.40. The number of carbonyl (C=O) groups excluding carboxylic acids is 1. The molecule has 2 aromatic carbocycles. The molecule has 0 bridgehead atoms. The van der Waals surface area contributed by atoms with E-state index in [1.165, 1.54) is 20.3 Å². The third kappa shape index (κ3) is 3.38. The van der Waals surface area contributed by atoms with E-state index in [0.717, 1.165) is 0 Å². The number of nitrogens with zero attached hydrogens (tertiary/aromatic N) is 2. The highest BCUT2D eigenvalue weighted by atomic mass is 79.9. The quantitative estimate of drug-likeness (QED) is 0.545. The molecule has 0 aliphatic heterocycles. The van der Waals surface area contributed by atoms with Crippen molar-refractivity contribution in [2.24, 2.45) is 10.2 Å². The summed E-state index contributed by atoms with van der Waals surface area (Å²) < 4.78 is 11.0. The number of hydrogen-bond acceptors (Lipinski definition) is 5. The van der Waals surface area contributed by atoms with Crippen molar-refractivity contribution in [3.05, 3.63) is 45.4 Å². The lowest BCUT2D eigenvalue weighted by molar-refractivity contribution is 0.0994. The Balaban J connectivity index is 1.96. The van der Waals surface area contributed by atoms with Gasteiger partial charge in [-0.15, -0.1) is 10.2 Å². The maximum Gasteiger partial charge on any atom is 0.295 e. The van der Waals surface area contributed by atoms with E-state index in [2.05, 4.69) is 31.1 Å². The molecule has 0 spiro atoms. The number of aromatic amines is 1. The standard InChI is InChI=1S/C17H13BrClN3O4/c1-25-12-4-3-8(5-13(12)26-2)16(23)22-21-15-10-6-9(19)7-11(18)14(10)20-17(15)24/h3-7,20,24H,1-2H3. The lowest BCUT2D eigenvalue weighted by Crippen LogP contribution is -1.97. The second-order valence-electron chi connectivity index (χ2n) is 5.21. The SMILES string of the molecule is COc1ccc(C(=O)N=Nc2c(O)[nH]c3c(Br)cc(Cl)cc23)cc1OC. The van der Waals surface area contributed by atoms with Crippen LogP contribution in [0.25, 0.3) is 10.9 Å². The lowest BCUT2D eigenvalue weighted by Gasteiger charge is -2.07. The van der Waals surface area contributed by atoms with E-state index in [-0.39, 0.29) is 17.1 Å². The van der Waals surface area contributed by atoms with E-state index in [9.17, 15) is 9.90 Å². The van der Waals surface area contributed by atoms with Crippen molar-refractivity contribution in [1.82, 2.24) is 4.98 Å². The fourth-order valence-corrected chi connectivity index (χ4v) is 3.33. The van der Waals surface area contributed by atoms with Gasteiger partial charge in [0.1, 0.15) is 0 Å². The second-order valence-corrected chi connectivity index (χ2v) is 6.50. The number of azo groups is 1. The fraction of sp³-hybridized carbons (Fsp3) is 0.118. The lowest BCUT2D eigenvalue weighted by atomic mass is 10.2. The summed E-state index contributed by atoms with van der Waals surface area (Å²) in [6.45, 7) is 0. The molecule has 0 radical (unpaired) electrons. The van der Waals surface area contributed by atoms with E-state index in [1.807, 2.05) is 0 Å². The molecule has 9 heteroatoms. The summed E-state index contributed by atoms with van der Waals surface area (Å²) in [6, 6.07) is 7.94. The van der Waals surface area contributed by atoms with Crippen molar-refractivity contribution < 1.29 is 19.4 Å². The Kier molecular flexibility index (Phi) is 5.15. The topological polar surface area (TPSA) is 96.3 Å². The number of methoxy groups -OCH3 is 2. The summed E-state index contributed by atoms with van der Waals surface area (Å²) in [6.07, 6.45) is 0. The Morgan fingerprint density at radius 1 is 1.19 bits per heavy atom. The van der Waals surface area contributed by atoms with Crippen LogP contribution in [0.4, 0.5) is 5.69 Å². The van der Waals surface area contributed by atoms with Gasteiger partial charge in [-0.2, -0.15) is 0 Å². The molecular formula is C17H13BrClN3O4. The monoisotopic (exact) mass is 437 g/mol. The van der Waals surface area contributed by atoms with Gasteiger partial charge in [-0.25, -0.2) is 0 Å². The Bertz CT molecular complexity index is 1030. The average molecular weight is 439 g/mol. The molecule has 7 nitrogen and oxygen atoms in total. The second kappa shape index (κ2) is 7.35. The predicted molar refractivity (Wildman–Crippen MR) is 101 cm³/mol. The van der Waals surface area contributed by atoms with Crippen LogP contribution in [0, 0.1) is 0 Å². The van der Waals surface area contributed by atoms with Gasteiger partial charge in [0.15, 0.2) is 17.2 Å². The van der Waals surface area contributed by atoms with E-state index < -0.39 is 5.91 Å². The van der Waals surface area contributed by atoms with Crippen molar-refractivity contribution in [2.75, 3.05) is 14.2 Å². The third-order valence-electron chi connectivity index (χ3n) is 3.65. The summed E-state index contributed by atoms with van der Waals surface area (Å²) in [7, 11) is 2.97. The van der Waals surface area contributed by atoms with Crippen LogP contribution >= 0.6 is 27.5 Å². The van der Waals surface area contributed by atoms with Gasteiger partial charge < -0.3 is 19.6 Å². The summed E-state index contributed by atoms with van der Waals surface area (Å²) in [4.78, 5) is 15.1. The molecule has 0 aliphatic rings. The van der Waals surface area contributed by atoms with Gasteiger partial charge in [0, 0.05) is 20.4 Å². The Morgan fingerprint density at radius 3 is 2.62 bits per heavy atom. The third-order valence-corrected chi connectivity index (χ3v) is 4.49. The summed E-state index contributed by atoms with van der Waals surface area (Å²) in [5, 5.41) is 18.6. The number of nitrogens with one attached hydrogen (secondary N) is 1. The number of benzene rings is 2. The first-order valence-corrected chi connectivity index (χ1v) is 8.49. The highest BCUT2D eigenvalue weighted by molar-refractivity contribution is 9.10.